The van der Waals surface area contributed by atoms with E-state index in [0.717, 1.165) is 30.8 Å². The summed E-state index contributed by atoms with van der Waals surface area (Å²) in [6, 6.07) is 15.3. The number of hydrogen-bond donors (Lipinski definition) is 1. The lowest BCUT2D eigenvalue weighted by Crippen LogP contribution is -2.48. The second kappa shape index (κ2) is 6.59. The maximum absolute atomic E-state index is 13.0. The van der Waals surface area contributed by atoms with Crippen molar-refractivity contribution in [1.29, 1.82) is 0 Å². The van der Waals surface area contributed by atoms with Crippen molar-refractivity contribution in [3.63, 3.8) is 0 Å². The minimum Gasteiger partial charge on any atom is -0.298 e. The zero-order valence-electron chi connectivity index (χ0n) is 13.2. The molecular weight excluding hydrogens is 275 g/mol. The minimum absolute atomic E-state index is 0.195. The van der Waals surface area contributed by atoms with Crippen molar-refractivity contribution >= 4 is 0 Å². The van der Waals surface area contributed by atoms with Crippen molar-refractivity contribution in [3.8, 4) is 11.1 Å². The summed E-state index contributed by atoms with van der Waals surface area (Å²) in [6.45, 7) is 7.72. The third kappa shape index (κ3) is 3.21. The van der Waals surface area contributed by atoms with Crippen LogP contribution in [0.25, 0.3) is 11.1 Å². The highest BCUT2D eigenvalue weighted by molar-refractivity contribution is 5.63. The van der Waals surface area contributed by atoms with Crippen LogP contribution in [0.4, 0.5) is 4.39 Å². The van der Waals surface area contributed by atoms with Crippen LogP contribution in [0.1, 0.15) is 25.6 Å². The lowest BCUT2D eigenvalue weighted by atomic mass is 10.0. The van der Waals surface area contributed by atoms with E-state index in [0.29, 0.717) is 12.1 Å². The highest BCUT2D eigenvalue weighted by atomic mass is 19.1. The van der Waals surface area contributed by atoms with Crippen molar-refractivity contribution in [2.75, 3.05) is 19.6 Å². The van der Waals surface area contributed by atoms with Crippen LogP contribution < -0.4 is 5.32 Å². The average molecular weight is 298 g/mol. The predicted octanol–water partition coefficient (Wildman–Crippen LogP) is 4.05. The summed E-state index contributed by atoms with van der Waals surface area (Å²) in [6.07, 6.45) is 0.295. The van der Waals surface area contributed by atoms with Gasteiger partial charge in [-0.3, -0.25) is 10.2 Å². The Hall–Kier alpha value is -1.71. The van der Waals surface area contributed by atoms with Crippen molar-refractivity contribution in [2.45, 2.75) is 20.0 Å². The second-order valence-electron chi connectivity index (χ2n) is 6.13. The Kier molecular flexibility index (Phi) is 4.55. The molecule has 1 N–H and O–H groups in total. The molecule has 2 nitrogen and oxygen atoms in total. The summed E-state index contributed by atoms with van der Waals surface area (Å²) in [4.78, 5) is 2.47. The number of rotatable bonds is 3. The Labute approximate surface area is 132 Å². The number of benzene rings is 2. The number of nitrogens with one attached hydrogen (secondary N) is 1. The molecule has 0 radical (unpaired) electrons. The van der Waals surface area contributed by atoms with Gasteiger partial charge >= 0.3 is 0 Å². The fourth-order valence-electron chi connectivity index (χ4n) is 3.15. The lowest BCUT2D eigenvalue weighted by molar-refractivity contribution is 0.106. The summed E-state index contributed by atoms with van der Waals surface area (Å²) in [5, 5.41) is 3.63. The van der Waals surface area contributed by atoms with Gasteiger partial charge in [0.15, 0.2) is 0 Å². The van der Waals surface area contributed by atoms with Gasteiger partial charge in [-0.05, 0) is 41.3 Å². The first-order valence-corrected chi connectivity index (χ1v) is 8.00. The molecule has 2 aromatic rings. The van der Waals surface area contributed by atoms with Gasteiger partial charge in [0.05, 0.1) is 6.17 Å². The maximum Gasteiger partial charge on any atom is 0.123 e. The van der Waals surface area contributed by atoms with Gasteiger partial charge < -0.3 is 0 Å². The molecule has 2 aromatic carbocycles. The standard InChI is InChI=1S/C19H23FN2/c1-3-22-13-14(2)12-21-19(22)17-6-4-15(5-7-17)16-8-10-18(20)11-9-16/h4-11,14,19,21H,3,12-13H2,1-2H3. The molecule has 0 amide bonds. The van der Waals surface area contributed by atoms with Crippen LogP contribution in [0.2, 0.25) is 0 Å². The minimum atomic E-state index is -0.195. The first-order chi connectivity index (χ1) is 10.7. The molecule has 22 heavy (non-hydrogen) atoms. The molecular formula is C19H23FN2. The molecule has 1 aliphatic heterocycles. The highest BCUT2D eigenvalue weighted by Gasteiger charge is 2.25. The van der Waals surface area contributed by atoms with E-state index in [9.17, 15) is 4.39 Å². The molecule has 1 heterocycles. The molecule has 1 aliphatic rings. The Bertz CT molecular complexity index is 606. The SMILES string of the molecule is CCN1CC(C)CNC1c1ccc(-c2ccc(F)cc2)cc1. The molecule has 0 saturated carbocycles. The smallest absolute Gasteiger partial charge is 0.123 e. The highest BCUT2D eigenvalue weighted by Crippen LogP contribution is 2.26. The van der Waals surface area contributed by atoms with Crippen LogP contribution in [0, 0.1) is 11.7 Å². The van der Waals surface area contributed by atoms with Crippen molar-refractivity contribution in [1.82, 2.24) is 10.2 Å². The maximum atomic E-state index is 13.0. The Balaban J connectivity index is 1.80. The summed E-state index contributed by atoms with van der Waals surface area (Å²) in [7, 11) is 0. The van der Waals surface area contributed by atoms with E-state index in [-0.39, 0.29) is 5.82 Å². The van der Waals surface area contributed by atoms with Gasteiger partial charge in [0.25, 0.3) is 0 Å². The van der Waals surface area contributed by atoms with Crippen LogP contribution in [0.3, 0.4) is 0 Å². The summed E-state index contributed by atoms with van der Waals surface area (Å²) in [5.74, 6) is 0.495. The number of halogens is 1. The average Bonchev–Trinajstić information content (AvgIpc) is 2.56. The summed E-state index contributed by atoms with van der Waals surface area (Å²) >= 11 is 0. The molecule has 3 heteroatoms. The zero-order valence-corrected chi connectivity index (χ0v) is 13.2. The third-order valence-electron chi connectivity index (χ3n) is 4.38. The largest absolute Gasteiger partial charge is 0.298 e. The fraction of sp³-hybridized carbons (Fsp3) is 0.368. The van der Waals surface area contributed by atoms with Crippen molar-refractivity contribution in [2.24, 2.45) is 5.92 Å². The van der Waals surface area contributed by atoms with E-state index < -0.39 is 0 Å². The second-order valence-corrected chi connectivity index (χ2v) is 6.13. The molecule has 0 bridgehead atoms. The van der Waals surface area contributed by atoms with Gasteiger partial charge in [-0.15, -0.1) is 0 Å². The lowest BCUT2D eigenvalue weighted by Gasteiger charge is -2.39. The van der Waals surface area contributed by atoms with Crippen LogP contribution in [-0.2, 0) is 0 Å². The van der Waals surface area contributed by atoms with Gasteiger partial charge in [0.1, 0.15) is 5.82 Å². The fourth-order valence-corrected chi connectivity index (χ4v) is 3.15. The first kappa shape index (κ1) is 15.2. The topological polar surface area (TPSA) is 15.3 Å². The van der Waals surface area contributed by atoms with E-state index in [2.05, 4.69) is 48.3 Å². The molecule has 0 aromatic heterocycles. The van der Waals surface area contributed by atoms with Gasteiger partial charge in [-0.1, -0.05) is 50.2 Å². The monoisotopic (exact) mass is 298 g/mol. The number of hydrogen-bond acceptors (Lipinski definition) is 2. The summed E-state index contributed by atoms with van der Waals surface area (Å²) in [5.41, 5.74) is 3.46. The normalized spacial score (nSPS) is 22.7. The Morgan fingerprint density at radius 2 is 1.64 bits per heavy atom. The molecule has 1 fully saturated rings. The first-order valence-electron chi connectivity index (χ1n) is 8.00. The molecule has 3 rings (SSSR count). The summed E-state index contributed by atoms with van der Waals surface area (Å²) < 4.78 is 13.0. The molecule has 2 unspecified atom stereocenters. The molecule has 0 spiro atoms. The van der Waals surface area contributed by atoms with E-state index in [1.54, 1.807) is 0 Å². The number of nitrogens with zero attached hydrogens (tertiary/aromatic N) is 1. The molecule has 1 saturated heterocycles. The van der Waals surface area contributed by atoms with Gasteiger partial charge in [0.2, 0.25) is 0 Å². The Morgan fingerprint density at radius 1 is 1.05 bits per heavy atom. The quantitative estimate of drug-likeness (QED) is 0.919. The predicted molar refractivity (Wildman–Crippen MR) is 89.0 cm³/mol. The van der Waals surface area contributed by atoms with E-state index >= 15 is 0 Å². The third-order valence-corrected chi connectivity index (χ3v) is 4.38. The van der Waals surface area contributed by atoms with Crippen LogP contribution in [0.15, 0.2) is 48.5 Å². The molecule has 0 aliphatic carbocycles. The van der Waals surface area contributed by atoms with E-state index in [1.165, 1.54) is 17.7 Å². The Morgan fingerprint density at radius 3 is 2.23 bits per heavy atom. The molecule has 2 atom stereocenters. The zero-order chi connectivity index (χ0) is 15.5. The van der Waals surface area contributed by atoms with E-state index in [4.69, 9.17) is 0 Å². The van der Waals surface area contributed by atoms with Crippen molar-refractivity contribution in [3.05, 3.63) is 59.9 Å². The molecule has 116 valence electrons. The van der Waals surface area contributed by atoms with E-state index in [1.807, 2.05) is 12.1 Å². The van der Waals surface area contributed by atoms with Crippen molar-refractivity contribution < 1.29 is 4.39 Å². The van der Waals surface area contributed by atoms with Crippen LogP contribution in [-0.4, -0.2) is 24.5 Å². The van der Waals surface area contributed by atoms with Gasteiger partial charge in [0, 0.05) is 13.1 Å². The van der Waals surface area contributed by atoms with Gasteiger partial charge in [-0.2, -0.15) is 0 Å². The van der Waals surface area contributed by atoms with Crippen LogP contribution in [0.5, 0.6) is 0 Å². The van der Waals surface area contributed by atoms with Crippen LogP contribution >= 0.6 is 0 Å². The van der Waals surface area contributed by atoms with Gasteiger partial charge in [-0.25, -0.2) is 4.39 Å².